The predicted octanol–water partition coefficient (Wildman–Crippen LogP) is 5.35. The van der Waals surface area contributed by atoms with Crippen LogP contribution in [-0.2, 0) is 6.54 Å². The van der Waals surface area contributed by atoms with Gasteiger partial charge in [-0.1, -0.05) is 38.1 Å². The summed E-state index contributed by atoms with van der Waals surface area (Å²) >= 11 is 0. The molecule has 32 heavy (non-hydrogen) atoms. The highest BCUT2D eigenvalue weighted by atomic mass is 16.5. The summed E-state index contributed by atoms with van der Waals surface area (Å²) < 4.78 is 11.4. The first-order chi connectivity index (χ1) is 15.5. The molecule has 0 fully saturated rings. The smallest absolute Gasteiger partial charge is 0.258 e. The summed E-state index contributed by atoms with van der Waals surface area (Å²) in [6.07, 6.45) is 0. The van der Waals surface area contributed by atoms with Gasteiger partial charge in [0.05, 0.1) is 0 Å². The molecule has 0 spiro atoms. The van der Waals surface area contributed by atoms with Gasteiger partial charge in [0.25, 0.3) is 5.89 Å². The monoisotopic (exact) mass is 436 g/mol. The van der Waals surface area contributed by atoms with Crippen LogP contribution in [0.2, 0.25) is 0 Å². The lowest BCUT2D eigenvalue weighted by atomic mass is 10.1. The average molecular weight is 437 g/mol. The predicted molar refractivity (Wildman–Crippen MR) is 130 cm³/mol. The highest BCUT2D eigenvalue weighted by molar-refractivity contribution is 5.60. The van der Waals surface area contributed by atoms with Crippen molar-refractivity contribution in [2.75, 3.05) is 32.8 Å². The number of nitrogens with zero attached hydrogens (tertiary/aromatic N) is 4. The summed E-state index contributed by atoms with van der Waals surface area (Å²) in [6.45, 7) is 16.6. The number of aromatic nitrogens is 2. The molecule has 0 saturated carbocycles. The molecule has 1 heterocycles. The molecule has 0 atom stereocenters. The van der Waals surface area contributed by atoms with Gasteiger partial charge in [0.15, 0.2) is 0 Å². The Labute approximate surface area is 192 Å². The topological polar surface area (TPSA) is 54.6 Å². The van der Waals surface area contributed by atoms with Gasteiger partial charge in [-0.05, 0) is 75.4 Å². The summed E-state index contributed by atoms with van der Waals surface area (Å²) in [5.74, 6) is 1.96. The normalized spacial score (nSPS) is 11.6. The molecule has 0 bridgehead atoms. The number of ether oxygens (including phenoxy) is 1. The molecule has 0 amide bonds. The van der Waals surface area contributed by atoms with Gasteiger partial charge in [-0.15, -0.1) is 0 Å². The van der Waals surface area contributed by atoms with Crippen LogP contribution >= 0.6 is 0 Å². The summed E-state index contributed by atoms with van der Waals surface area (Å²) in [4.78, 5) is 9.35. The molecule has 1 aromatic heterocycles. The number of hydrogen-bond donors (Lipinski definition) is 0. The molecule has 0 aliphatic rings. The molecule has 2 aromatic carbocycles. The van der Waals surface area contributed by atoms with E-state index < -0.39 is 0 Å². The highest BCUT2D eigenvalue weighted by Crippen LogP contribution is 2.24. The van der Waals surface area contributed by atoms with Gasteiger partial charge in [-0.25, -0.2) is 0 Å². The minimum absolute atomic E-state index is 0.525. The van der Waals surface area contributed by atoms with Gasteiger partial charge in [0.1, 0.15) is 12.4 Å². The molecular weight excluding hydrogens is 400 g/mol. The maximum absolute atomic E-state index is 5.86. The Hall–Kier alpha value is -2.70. The van der Waals surface area contributed by atoms with Crippen LogP contribution in [0.3, 0.4) is 0 Å². The lowest BCUT2D eigenvalue weighted by molar-refractivity contribution is 0.223. The van der Waals surface area contributed by atoms with Gasteiger partial charge in [0.2, 0.25) is 5.82 Å². The molecule has 0 unspecified atom stereocenters. The van der Waals surface area contributed by atoms with Gasteiger partial charge < -0.3 is 14.2 Å². The number of hydrogen-bond acceptors (Lipinski definition) is 6. The summed E-state index contributed by atoms with van der Waals surface area (Å²) in [5, 5.41) is 4.17. The van der Waals surface area contributed by atoms with E-state index in [4.69, 9.17) is 9.26 Å². The molecular formula is C26H36N4O2. The van der Waals surface area contributed by atoms with Crippen LogP contribution in [0, 0.1) is 0 Å². The molecule has 3 rings (SSSR count). The van der Waals surface area contributed by atoms with Crippen molar-refractivity contribution in [3.63, 3.8) is 0 Å². The highest BCUT2D eigenvalue weighted by Gasteiger charge is 2.12. The van der Waals surface area contributed by atoms with E-state index in [1.54, 1.807) is 0 Å². The standard InChI is InChI=1S/C26H36N4O2/c1-6-29(7-2)17-18-31-24-15-13-22(14-16-24)25-27-26(32-28-25)23-11-9-21(10-12-23)19-30(8-3)20(4)5/h9-16,20H,6-8,17-19H2,1-5H3. The van der Waals surface area contributed by atoms with Crippen molar-refractivity contribution < 1.29 is 9.26 Å². The fourth-order valence-corrected chi connectivity index (χ4v) is 3.64. The van der Waals surface area contributed by atoms with E-state index >= 15 is 0 Å². The Bertz CT molecular complexity index is 931. The van der Waals surface area contributed by atoms with E-state index in [0.717, 1.165) is 49.6 Å². The maximum Gasteiger partial charge on any atom is 0.258 e. The van der Waals surface area contributed by atoms with Crippen molar-refractivity contribution in [1.82, 2.24) is 19.9 Å². The van der Waals surface area contributed by atoms with E-state index in [2.05, 4.69) is 66.7 Å². The quantitative estimate of drug-likeness (QED) is 0.381. The third-order valence-electron chi connectivity index (χ3n) is 5.83. The zero-order valence-electron chi connectivity index (χ0n) is 20.0. The Balaban J connectivity index is 1.60. The van der Waals surface area contributed by atoms with E-state index in [0.29, 0.717) is 24.4 Å². The van der Waals surface area contributed by atoms with Crippen LogP contribution in [0.1, 0.15) is 40.2 Å². The largest absolute Gasteiger partial charge is 0.492 e. The summed E-state index contributed by atoms with van der Waals surface area (Å²) in [6, 6.07) is 16.7. The third-order valence-corrected chi connectivity index (χ3v) is 5.83. The first kappa shape index (κ1) is 24.0. The van der Waals surface area contributed by atoms with E-state index in [1.807, 2.05) is 36.4 Å². The van der Waals surface area contributed by atoms with Crippen molar-refractivity contribution in [1.29, 1.82) is 0 Å². The fraction of sp³-hybridized carbons (Fsp3) is 0.462. The van der Waals surface area contributed by atoms with Gasteiger partial charge in [-0.3, -0.25) is 4.90 Å². The molecule has 0 saturated heterocycles. The van der Waals surface area contributed by atoms with Crippen molar-refractivity contribution in [3.05, 3.63) is 54.1 Å². The number of benzene rings is 2. The lowest BCUT2D eigenvalue weighted by Crippen LogP contribution is -2.29. The molecule has 3 aromatic rings. The number of rotatable bonds is 12. The molecule has 172 valence electrons. The lowest BCUT2D eigenvalue weighted by Gasteiger charge is -2.24. The maximum atomic E-state index is 5.86. The molecule has 0 radical (unpaired) electrons. The van der Waals surface area contributed by atoms with E-state index in [-0.39, 0.29) is 0 Å². The second-order valence-corrected chi connectivity index (χ2v) is 8.18. The molecule has 0 N–H and O–H groups in total. The van der Waals surface area contributed by atoms with Crippen LogP contribution in [0.4, 0.5) is 0 Å². The van der Waals surface area contributed by atoms with E-state index in [9.17, 15) is 0 Å². The van der Waals surface area contributed by atoms with Crippen molar-refractivity contribution in [2.24, 2.45) is 0 Å². The van der Waals surface area contributed by atoms with Crippen LogP contribution in [0.25, 0.3) is 22.8 Å². The van der Waals surface area contributed by atoms with Gasteiger partial charge in [-0.2, -0.15) is 4.98 Å². The van der Waals surface area contributed by atoms with Gasteiger partial charge in [0, 0.05) is 30.3 Å². The zero-order valence-corrected chi connectivity index (χ0v) is 20.0. The van der Waals surface area contributed by atoms with E-state index in [1.165, 1.54) is 5.56 Å². The first-order valence-electron chi connectivity index (χ1n) is 11.7. The zero-order chi connectivity index (χ0) is 22.9. The fourth-order valence-electron chi connectivity index (χ4n) is 3.64. The Morgan fingerprint density at radius 3 is 2.12 bits per heavy atom. The first-order valence-corrected chi connectivity index (χ1v) is 11.7. The molecule has 6 heteroatoms. The summed E-state index contributed by atoms with van der Waals surface area (Å²) in [5.41, 5.74) is 3.11. The van der Waals surface area contributed by atoms with Crippen LogP contribution in [-0.4, -0.2) is 58.8 Å². The van der Waals surface area contributed by atoms with Crippen LogP contribution in [0.15, 0.2) is 53.1 Å². The SMILES string of the molecule is CCN(CC)CCOc1ccc(-c2noc(-c3ccc(CN(CC)C(C)C)cc3)n2)cc1. The summed E-state index contributed by atoms with van der Waals surface area (Å²) in [7, 11) is 0. The minimum atomic E-state index is 0.525. The van der Waals surface area contributed by atoms with Crippen molar-refractivity contribution in [2.45, 2.75) is 47.2 Å². The van der Waals surface area contributed by atoms with Crippen molar-refractivity contribution in [3.8, 4) is 28.6 Å². The van der Waals surface area contributed by atoms with Crippen LogP contribution < -0.4 is 4.74 Å². The second kappa shape index (κ2) is 11.8. The number of likely N-dealkylation sites (N-methyl/N-ethyl adjacent to an activating group) is 1. The molecule has 0 aliphatic carbocycles. The molecule has 6 nitrogen and oxygen atoms in total. The third kappa shape index (κ3) is 6.40. The van der Waals surface area contributed by atoms with Crippen LogP contribution in [0.5, 0.6) is 5.75 Å². The second-order valence-electron chi connectivity index (χ2n) is 8.18. The van der Waals surface area contributed by atoms with Crippen molar-refractivity contribution >= 4 is 0 Å². The average Bonchev–Trinajstić information content (AvgIpc) is 3.31. The Kier molecular flexibility index (Phi) is 8.82. The molecule has 0 aliphatic heterocycles. The Morgan fingerprint density at radius 2 is 1.53 bits per heavy atom. The Morgan fingerprint density at radius 1 is 0.875 bits per heavy atom. The minimum Gasteiger partial charge on any atom is -0.492 e. The van der Waals surface area contributed by atoms with Gasteiger partial charge >= 0.3 is 0 Å².